The Labute approximate surface area is 98.6 Å². The third-order valence-electron chi connectivity index (χ3n) is 2.34. The van der Waals surface area contributed by atoms with Crippen LogP contribution in [0.2, 0.25) is 0 Å². The van der Waals surface area contributed by atoms with Crippen molar-refractivity contribution in [1.29, 1.82) is 0 Å². The van der Waals surface area contributed by atoms with Gasteiger partial charge in [-0.1, -0.05) is 24.3 Å². The average Bonchev–Trinajstić information content (AvgIpc) is 2.27. The number of rotatable bonds is 7. The van der Waals surface area contributed by atoms with Crippen LogP contribution in [0.15, 0.2) is 24.3 Å². The first-order valence-electron chi connectivity index (χ1n) is 5.99. The maximum absolute atomic E-state index is 5.52. The smallest absolute Gasteiger partial charge is 0.0716 e. The minimum absolute atomic E-state index is 0.317. The fraction of sp³-hybridized carbons (Fsp3) is 0.571. The van der Waals surface area contributed by atoms with Crippen LogP contribution in [0.5, 0.6) is 0 Å². The van der Waals surface area contributed by atoms with E-state index >= 15 is 0 Å². The lowest BCUT2D eigenvalue weighted by molar-refractivity contribution is 0.0813. The van der Waals surface area contributed by atoms with Crippen LogP contribution in [0, 0.1) is 0 Å². The third kappa shape index (κ3) is 5.29. The van der Waals surface area contributed by atoms with Crippen molar-refractivity contribution in [3.8, 4) is 0 Å². The van der Waals surface area contributed by atoms with Crippen molar-refractivity contribution in [2.75, 3.05) is 13.2 Å². The van der Waals surface area contributed by atoms with Crippen LogP contribution in [0.25, 0.3) is 0 Å². The van der Waals surface area contributed by atoms with Crippen LogP contribution in [-0.4, -0.2) is 19.3 Å². The molecule has 0 atom stereocenters. The van der Waals surface area contributed by atoms with E-state index in [2.05, 4.69) is 38.1 Å². The molecule has 0 fully saturated rings. The molecule has 0 aliphatic rings. The van der Waals surface area contributed by atoms with Crippen LogP contribution < -0.4 is 0 Å². The van der Waals surface area contributed by atoms with E-state index in [1.807, 2.05) is 6.92 Å². The molecule has 1 aromatic carbocycles. The molecule has 0 N–H and O–H groups in total. The molecule has 1 rings (SSSR count). The highest BCUT2D eigenvalue weighted by molar-refractivity contribution is 5.22. The maximum Gasteiger partial charge on any atom is 0.0716 e. The van der Waals surface area contributed by atoms with Crippen molar-refractivity contribution in [2.45, 2.75) is 39.9 Å². The predicted molar refractivity (Wildman–Crippen MR) is 66.6 cm³/mol. The van der Waals surface area contributed by atoms with E-state index in [-0.39, 0.29) is 0 Å². The molecule has 16 heavy (non-hydrogen) atoms. The fourth-order valence-electron chi connectivity index (χ4n) is 1.43. The first kappa shape index (κ1) is 13.2. The highest BCUT2D eigenvalue weighted by Gasteiger charge is 1.97. The minimum atomic E-state index is 0.317. The molecular weight excluding hydrogens is 200 g/mol. The summed E-state index contributed by atoms with van der Waals surface area (Å²) in [4.78, 5) is 0. The number of hydrogen-bond donors (Lipinski definition) is 0. The van der Waals surface area contributed by atoms with Crippen LogP contribution >= 0.6 is 0 Å². The largest absolute Gasteiger partial charge is 0.378 e. The molecule has 0 bridgehead atoms. The summed E-state index contributed by atoms with van der Waals surface area (Å²) in [5.41, 5.74) is 2.55. The Kier molecular flexibility index (Phi) is 6.12. The maximum atomic E-state index is 5.52. The number of hydrogen-bond acceptors (Lipinski definition) is 2. The van der Waals surface area contributed by atoms with Crippen molar-refractivity contribution >= 4 is 0 Å². The zero-order valence-corrected chi connectivity index (χ0v) is 10.5. The quantitative estimate of drug-likeness (QED) is 0.705. The second-order valence-corrected chi connectivity index (χ2v) is 4.12. The Bertz CT molecular complexity index is 277. The van der Waals surface area contributed by atoms with Gasteiger partial charge in [0.1, 0.15) is 0 Å². The standard InChI is InChI=1S/C14H22O2/c1-4-15-11-14-7-5-13(6-8-14)9-10-16-12(2)3/h5-8,12H,4,9-11H2,1-3H3. The van der Waals surface area contributed by atoms with E-state index < -0.39 is 0 Å². The van der Waals surface area contributed by atoms with Crippen LogP contribution in [0.4, 0.5) is 0 Å². The summed E-state index contributed by atoms with van der Waals surface area (Å²) in [7, 11) is 0. The predicted octanol–water partition coefficient (Wildman–Crippen LogP) is 3.19. The van der Waals surface area contributed by atoms with Crippen molar-refractivity contribution in [1.82, 2.24) is 0 Å². The third-order valence-corrected chi connectivity index (χ3v) is 2.34. The van der Waals surface area contributed by atoms with Gasteiger partial charge in [0.2, 0.25) is 0 Å². The Morgan fingerprint density at radius 3 is 2.25 bits per heavy atom. The van der Waals surface area contributed by atoms with Crippen molar-refractivity contribution in [3.05, 3.63) is 35.4 Å². The van der Waals surface area contributed by atoms with Crippen LogP contribution in [-0.2, 0) is 22.5 Å². The van der Waals surface area contributed by atoms with Gasteiger partial charge in [0.15, 0.2) is 0 Å². The second kappa shape index (κ2) is 7.42. The summed E-state index contributed by atoms with van der Waals surface area (Å²) in [5.74, 6) is 0. The zero-order valence-electron chi connectivity index (χ0n) is 10.5. The van der Waals surface area contributed by atoms with Crippen LogP contribution in [0.1, 0.15) is 31.9 Å². The molecule has 0 aliphatic heterocycles. The molecule has 0 spiro atoms. The number of benzene rings is 1. The number of ether oxygens (including phenoxy) is 2. The lowest BCUT2D eigenvalue weighted by Gasteiger charge is -2.08. The van der Waals surface area contributed by atoms with Gasteiger partial charge in [-0.05, 0) is 38.3 Å². The van der Waals surface area contributed by atoms with E-state index in [9.17, 15) is 0 Å². The van der Waals surface area contributed by atoms with E-state index in [0.717, 1.165) is 19.6 Å². The molecule has 0 amide bonds. The second-order valence-electron chi connectivity index (χ2n) is 4.12. The molecule has 2 heteroatoms. The Morgan fingerprint density at radius 2 is 1.69 bits per heavy atom. The molecule has 0 aliphatic carbocycles. The molecule has 2 nitrogen and oxygen atoms in total. The van der Waals surface area contributed by atoms with Crippen LogP contribution in [0.3, 0.4) is 0 Å². The molecule has 0 aromatic heterocycles. The normalized spacial score (nSPS) is 11.0. The summed E-state index contributed by atoms with van der Waals surface area (Å²) in [6.07, 6.45) is 1.30. The van der Waals surface area contributed by atoms with Gasteiger partial charge in [0.25, 0.3) is 0 Å². The molecule has 1 aromatic rings. The fourth-order valence-corrected chi connectivity index (χ4v) is 1.43. The van der Waals surface area contributed by atoms with Crippen molar-refractivity contribution < 1.29 is 9.47 Å². The Hall–Kier alpha value is -0.860. The summed E-state index contributed by atoms with van der Waals surface area (Å²) in [5, 5.41) is 0. The summed E-state index contributed by atoms with van der Waals surface area (Å²) < 4.78 is 10.9. The summed E-state index contributed by atoms with van der Waals surface area (Å²) in [6.45, 7) is 8.40. The van der Waals surface area contributed by atoms with Gasteiger partial charge in [0.05, 0.1) is 19.3 Å². The summed E-state index contributed by atoms with van der Waals surface area (Å²) in [6, 6.07) is 8.55. The van der Waals surface area contributed by atoms with E-state index in [4.69, 9.17) is 9.47 Å². The summed E-state index contributed by atoms with van der Waals surface area (Å²) >= 11 is 0. The molecule has 0 saturated carbocycles. The van der Waals surface area contributed by atoms with Gasteiger partial charge in [-0.25, -0.2) is 0 Å². The highest BCUT2D eigenvalue weighted by atomic mass is 16.5. The molecule has 0 saturated heterocycles. The zero-order chi connectivity index (χ0) is 11.8. The first-order valence-corrected chi connectivity index (χ1v) is 5.99. The van der Waals surface area contributed by atoms with Gasteiger partial charge < -0.3 is 9.47 Å². The van der Waals surface area contributed by atoms with Gasteiger partial charge in [-0.2, -0.15) is 0 Å². The first-order chi connectivity index (χ1) is 7.72. The Balaban J connectivity index is 2.33. The van der Waals surface area contributed by atoms with Crippen molar-refractivity contribution in [3.63, 3.8) is 0 Å². The molecular formula is C14H22O2. The highest BCUT2D eigenvalue weighted by Crippen LogP contribution is 2.07. The van der Waals surface area contributed by atoms with E-state index in [1.54, 1.807) is 0 Å². The topological polar surface area (TPSA) is 18.5 Å². The van der Waals surface area contributed by atoms with Gasteiger partial charge in [-0.15, -0.1) is 0 Å². The monoisotopic (exact) mass is 222 g/mol. The van der Waals surface area contributed by atoms with Gasteiger partial charge in [-0.3, -0.25) is 0 Å². The van der Waals surface area contributed by atoms with Crippen molar-refractivity contribution in [2.24, 2.45) is 0 Å². The lowest BCUT2D eigenvalue weighted by Crippen LogP contribution is -2.06. The van der Waals surface area contributed by atoms with Gasteiger partial charge in [0, 0.05) is 6.61 Å². The lowest BCUT2D eigenvalue weighted by atomic mass is 10.1. The van der Waals surface area contributed by atoms with Gasteiger partial charge >= 0.3 is 0 Å². The molecule has 0 radical (unpaired) electrons. The van der Waals surface area contributed by atoms with E-state index in [0.29, 0.717) is 12.7 Å². The SMILES string of the molecule is CCOCc1ccc(CCOC(C)C)cc1. The molecule has 0 unspecified atom stereocenters. The average molecular weight is 222 g/mol. The molecule has 0 heterocycles. The Morgan fingerprint density at radius 1 is 1.06 bits per heavy atom. The molecule has 90 valence electrons. The van der Waals surface area contributed by atoms with E-state index in [1.165, 1.54) is 11.1 Å². The minimum Gasteiger partial charge on any atom is -0.378 e.